The SMILES string of the molecule is CCCSC=Cc1n[nH]cc1C(C)(C)C. The van der Waals surface area contributed by atoms with Gasteiger partial charge in [-0.1, -0.05) is 27.7 Å². The van der Waals surface area contributed by atoms with Gasteiger partial charge >= 0.3 is 0 Å². The molecule has 0 fully saturated rings. The van der Waals surface area contributed by atoms with Crippen LogP contribution in [0.2, 0.25) is 0 Å². The highest BCUT2D eigenvalue weighted by Crippen LogP contribution is 2.25. The lowest BCUT2D eigenvalue weighted by Gasteiger charge is -2.16. The zero-order chi connectivity index (χ0) is 11.3. The summed E-state index contributed by atoms with van der Waals surface area (Å²) in [6, 6.07) is 0. The van der Waals surface area contributed by atoms with Crippen LogP contribution in [0.4, 0.5) is 0 Å². The van der Waals surface area contributed by atoms with E-state index in [4.69, 9.17) is 0 Å². The predicted molar refractivity (Wildman–Crippen MR) is 69.1 cm³/mol. The van der Waals surface area contributed by atoms with Gasteiger partial charge in [0, 0.05) is 11.8 Å². The van der Waals surface area contributed by atoms with Crippen molar-refractivity contribution >= 4 is 17.8 Å². The lowest BCUT2D eigenvalue weighted by atomic mass is 9.87. The van der Waals surface area contributed by atoms with E-state index >= 15 is 0 Å². The van der Waals surface area contributed by atoms with Gasteiger partial charge in [-0.25, -0.2) is 0 Å². The molecule has 0 saturated heterocycles. The quantitative estimate of drug-likeness (QED) is 0.788. The molecule has 0 unspecified atom stereocenters. The second-order valence-electron chi connectivity index (χ2n) is 4.61. The first-order chi connectivity index (χ1) is 7.05. The Morgan fingerprint density at radius 2 is 2.20 bits per heavy atom. The molecule has 1 aromatic heterocycles. The van der Waals surface area contributed by atoms with E-state index in [1.54, 1.807) is 0 Å². The van der Waals surface area contributed by atoms with Crippen LogP contribution < -0.4 is 0 Å². The van der Waals surface area contributed by atoms with Crippen molar-refractivity contribution in [2.45, 2.75) is 39.5 Å². The molecule has 0 aliphatic carbocycles. The maximum atomic E-state index is 4.26. The second kappa shape index (κ2) is 5.40. The van der Waals surface area contributed by atoms with E-state index in [1.165, 1.54) is 17.7 Å². The molecule has 0 spiro atoms. The van der Waals surface area contributed by atoms with Gasteiger partial charge in [-0.3, -0.25) is 5.10 Å². The number of H-pyrrole nitrogens is 1. The number of thioether (sulfide) groups is 1. The molecule has 1 N–H and O–H groups in total. The first kappa shape index (κ1) is 12.4. The van der Waals surface area contributed by atoms with Crippen molar-refractivity contribution in [3.05, 3.63) is 22.9 Å². The Kier molecular flexibility index (Phi) is 4.45. The van der Waals surface area contributed by atoms with Crippen LogP contribution in [0, 0.1) is 0 Å². The molecule has 15 heavy (non-hydrogen) atoms. The minimum Gasteiger partial charge on any atom is -0.285 e. The number of aromatic amines is 1. The zero-order valence-corrected chi connectivity index (χ0v) is 10.8. The molecule has 0 aliphatic rings. The number of nitrogens with zero attached hydrogens (tertiary/aromatic N) is 1. The van der Waals surface area contributed by atoms with Gasteiger partial charge in [-0.05, 0) is 29.1 Å². The van der Waals surface area contributed by atoms with Gasteiger partial charge in [-0.2, -0.15) is 5.10 Å². The Morgan fingerprint density at radius 3 is 2.80 bits per heavy atom. The van der Waals surface area contributed by atoms with Crippen molar-refractivity contribution in [3.63, 3.8) is 0 Å². The lowest BCUT2D eigenvalue weighted by Crippen LogP contribution is -2.11. The Hall–Kier alpha value is -0.700. The van der Waals surface area contributed by atoms with E-state index < -0.39 is 0 Å². The minimum atomic E-state index is 0.155. The van der Waals surface area contributed by atoms with E-state index in [0.29, 0.717) is 0 Å². The molecule has 0 saturated carbocycles. The van der Waals surface area contributed by atoms with E-state index in [9.17, 15) is 0 Å². The lowest BCUT2D eigenvalue weighted by molar-refractivity contribution is 0.589. The highest BCUT2D eigenvalue weighted by Gasteiger charge is 2.18. The standard InChI is InChI=1S/C12H20N2S/c1-5-7-15-8-6-11-10(9-13-14-11)12(2,3)4/h6,8-9H,5,7H2,1-4H3,(H,13,14). The van der Waals surface area contributed by atoms with Gasteiger partial charge in [0.05, 0.1) is 5.69 Å². The maximum absolute atomic E-state index is 4.26. The maximum Gasteiger partial charge on any atom is 0.0890 e. The average molecular weight is 224 g/mol. The summed E-state index contributed by atoms with van der Waals surface area (Å²) in [5.41, 5.74) is 2.49. The van der Waals surface area contributed by atoms with Gasteiger partial charge in [-0.15, -0.1) is 11.8 Å². The summed E-state index contributed by atoms with van der Waals surface area (Å²) < 4.78 is 0. The van der Waals surface area contributed by atoms with Crippen LogP contribution >= 0.6 is 11.8 Å². The van der Waals surface area contributed by atoms with Crippen LogP contribution in [-0.4, -0.2) is 16.0 Å². The summed E-state index contributed by atoms with van der Waals surface area (Å²) in [5.74, 6) is 1.17. The minimum absolute atomic E-state index is 0.155. The molecule has 3 heteroatoms. The molecule has 2 nitrogen and oxygen atoms in total. The molecular formula is C12H20N2S. The molecule has 0 radical (unpaired) electrons. The average Bonchev–Trinajstić information content (AvgIpc) is 2.59. The first-order valence-corrected chi connectivity index (χ1v) is 6.43. The Morgan fingerprint density at radius 1 is 1.47 bits per heavy atom. The van der Waals surface area contributed by atoms with Crippen molar-refractivity contribution < 1.29 is 0 Å². The van der Waals surface area contributed by atoms with Gasteiger partial charge in [0.1, 0.15) is 0 Å². The Balaban J connectivity index is 2.70. The molecule has 84 valence electrons. The molecule has 0 aliphatic heterocycles. The largest absolute Gasteiger partial charge is 0.285 e. The third kappa shape index (κ3) is 3.74. The van der Waals surface area contributed by atoms with E-state index in [-0.39, 0.29) is 5.41 Å². The van der Waals surface area contributed by atoms with Crippen molar-refractivity contribution in [1.82, 2.24) is 10.2 Å². The normalized spacial score (nSPS) is 12.5. The third-order valence-corrected chi connectivity index (χ3v) is 3.09. The third-order valence-electron chi connectivity index (χ3n) is 2.12. The van der Waals surface area contributed by atoms with Crippen molar-refractivity contribution in [2.75, 3.05) is 5.75 Å². The van der Waals surface area contributed by atoms with Crippen LogP contribution in [0.15, 0.2) is 11.6 Å². The Labute approximate surface area is 96.5 Å². The summed E-state index contributed by atoms with van der Waals surface area (Å²) >= 11 is 1.84. The summed E-state index contributed by atoms with van der Waals surface area (Å²) in [4.78, 5) is 0. The number of hydrogen-bond acceptors (Lipinski definition) is 2. The smallest absolute Gasteiger partial charge is 0.0890 e. The molecule has 1 heterocycles. The molecule has 0 aromatic carbocycles. The fourth-order valence-electron chi connectivity index (χ4n) is 1.33. The molecular weight excluding hydrogens is 204 g/mol. The van der Waals surface area contributed by atoms with Gasteiger partial charge in [0.25, 0.3) is 0 Å². The highest BCUT2D eigenvalue weighted by atomic mass is 32.2. The fourth-order valence-corrected chi connectivity index (χ4v) is 1.92. The molecule has 1 rings (SSSR count). The van der Waals surface area contributed by atoms with Crippen LogP contribution in [-0.2, 0) is 5.41 Å². The van der Waals surface area contributed by atoms with E-state index in [1.807, 2.05) is 18.0 Å². The second-order valence-corrected chi connectivity index (χ2v) is 5.62. The van der Waals surface area contributed by atoms with Crippen molar-refractivity contribution in [1.29, 1.82) is 0 Å². The fraction of sp³-hybridized carbons (Fsp3) is 0.583. The zero-order valence-electron chi connectivity index (χ0n) is 10.0. The van der Waals surface area contributed by atoms with Crippen LogP contribution in [0.3, 0.4) is 0 Å². The Bertz CT molecular complexity index is 321. The van der Waals surface area contributed by atoms with Crippen LogP contribution in [0.1, 0.15) is 45.4 Å². The monoisotopic (exact) mass is 224 g/mol. The van der Waals surface area contributed by atoms with Crippen molar-refractivity contribution in [2.24, 2.45) is 0 Å². The topological polar surface area (TPSA) is 28.7 Å². The van der Waals surface area contributed by atoms with Crippen LogP contribution in [0.25, 0.3) is 6.08 Å². The van der Waals surface area contributed by atoms with Gasteiger partial charge in [0.2, 0.25) is 0 Å². The molecule has 0 amide bonds. The van der Waals surface area contributed by atoms with E-state index in [2.05, 4.69) is 49.4 Å². The predicted octanol–water partition coefficient (Wildman–Crippen LogP) is 3.82. The molecule has 1 aromatic rings. The number of nitrogens with one attached hydrogen (secondary N) is 1. The van der Waals surface area contributed by atoms with E-state index in [0.717, 1.165) is 5.69 Å². The van der Waals surface area contributed by atoms with Gasteiger partial charge in [0.15, 0.2) is 0 Å². The summed E-state index contributed by atoms with van der Waals surface area (Å²) in [6.07, 6.45) is 5.29. The van der Waals surface area contributed by atoms with Gasteiger partial charge < -0.3 is 0 Å². The highest BCUT2D eigenvalue weighted by molar-refractivity contribution is 8.02. The summed E-state index contributed by atoms with van der Waals surface area (Å²) in [7, 11) is 0. The van der Waals surface area contributed by atoms with Crippen LogP contribution in [0.5, 0.6) is 0 Å². The molecule has 0 bridgehead atoms. The van der Waals surface area contributed by atoms with Crippen molar-refractivity contribution in [3.8, 4) is 0 Å². The summed E-state index contributed by atoms with van der Waals surface area (Å²) in [5, 5.41) is 9.32. The summed E-state index contributed by atoms with van der Waals surface area (Å²) in [6.45, 7) is 8.80. The number of hydrogen-bond donors (Lipinski definition) is 1. The molecule has 0 atom stereocenters. The number of aromatic nitrogens is 2. The number of rotatable bonds is 4. The first-order valence-electron chi connectivity index (χ1n) is 5.38.